The number of hydrogen-bond donors (Lipinski definition) is 2. The molecule has 0 bridgehead atoms. The van der Waals surface area contributed by atoms with E-state index in [1.165, 1.54) is 5.56 Å². The Morgan fingerprint density at radius 2 is 2.35 bits per heavy atom. The number of β-amino-alcohol motifs (C(OH)–C–C–N with tert-alkyl or cyclic N) is 1. The van der Waals surface area contributed by atoms with Crippen LogP contribution in [0.15, 0.2) is 18.2 Å². The Bertz CT molecular complexity index is 411. The lowest BCUT2D eigenvalue weighted by atomic mass is 9.87. The van der Waals surface area contributed by atoms with Gasteiger partial charge in [0.05, 0.1) is 12.2 Å². The fourth-order valence-electron chi connectivity index (χ4n) is 2.88. The molecule has 17 heavy (non-hydrogen) atoms. The smallest absolute Gasteiger partial charge is 0.125 e. The summed E-state index contributed by atoms with van der Waals surface area (Å²) in [7, 11) is 0. The average Bonchev–Trinajstić information content (AvgIpc) is 2.79. The highest BCUT2D eigenvalue weighted by Gasteiger charge is 2.31. The Morgan fingerprint density at radius 1 is 1.41 bits per heavy atom. The van der Waals surface area contributed by atoms with Crippen molar-refractivity contribution in [2.45, 2.75) is 31.3 Å². The van der Waals surface area contributed by atoms with Gasteiger partial charge < -0.3 is 15.2 Å². The molecular weight excluding hydrogens is 214 g/mol. The van der Waals surface area contributed by atoms with Crippen molar-refractivity contribution in [1.29, 1.82) is 0 Å². The molecule has 2 aliphatic rings. The number of fused-ring (bicyclic) bond motifs is 1. The second-order valence-electron chi connectivity index (χ2n) is 5.19. The van der Waals surface area contributed by atoms with E-state index < -0.39 is 5.60 Å². The summed E-state index contributed by atoms with van der Waals surface area (Å²) in [6, 6.07) is 6.27. The zero-order valence-corrected chi connectivity index (χ0v) is 10.0. The van der Waals surface area contributed by atoms with Gasteiger partial charge >= 0.3 is 0 Å². The molecule has 0 aliphatic carbocycles. The minimum absolute atomic E-state index is 0.598. The topological polar surface area (TPSA) is 41.5 Å². The van der Waals surface area contributed by atoms with E-state index in [9.17, 15) is 5.11 Å². The number of para-hydroxylation sites is 1. The third-order valence-electron chi connectivity index (χ3n) is 3.77. The lowest BCUT2D eigenvalue weighted by molar-refractivity contribution is 0.0165. The molecule has 1 saturated heterocycles. The van der Waals surface area contributed by atoms with Crippen molar-refractivity contribution in [3.63, 3.8) is 0 Å². The summed E-state index contributed by atoms with van der Waals surface area (Å²) in [4.78, 5) is 0. The highest BCUT2D eigenvalue weighted by molar-refractivity contribution is 5.44. The molecule has 1 aromatic rings. The van der Waals surface area contributed by atoms with Crippen molar-refractivity contribution in [2.24, 2.45) is 0 Å². The zero-order valence-electron chi connectivity index (χ0n) is 10.0. The summed E-state index contributed by atoms with van der Waals surface area (Å²) in [5.41, 5.74) is 1.85. The van der Waals surface area contributed by atoms with Crippen molar-refractivity contribution in [1.82, 2.24) is 5.32 Å². The quantitative estimate of drug-likeness (QED) is 0.808. The van der Waals surface area contributed by atoms with Gasteiger partial charge in [-0.05, 0) is 30.5 Å². The third-order valence-corrected chi connectivity index (χ3v) is 3.77. The molecule has 1 atom stereocenters. The van der Waals surface area contributed by atoms with Crippen LogP contribution in [-0.4, -0.2) is 30.4 Å². The molecule has 0 saturated carbocycles. The molecule has 1 unspecified atom stereocenters. The monoisotopic (exact) mass is 233 g/mol. The second kappa shape index (κ2) is 4.31. The standard InChI is InChI=1S/C14H19NO2/c16-14(6-2-7-15-10-14)9-12-4-1-3-11-5-8-17-13(11)12/h1,3-4,15-16H,2,5-10H2. The summed E-state index contributed by atoms with van der Waals surface area (Å²) in [6.45, 7) is 2.49. The van der Waals surface area contributed by atoms with Crippen LogP contribution in [0.1, 0.15) is 24.0 Å². The number of hydrogen-bond acceptors (Lipinski definition) is 3. The Labute approximate surface area is 102 Å². The molecule has 92 valence electrons. The number of piperidine rings is 1. The van der Waals surface area contributed by atoms with E-state index in [2.05, 4.69) is 23.5 Å². The minimum Gasteiger partial charge on any atom is -0.493 e. The average molecular weight is 233 g/mol. The third kappa shape index (κ3) is 2.17. The van der Waals surface area contributed by atoms with Gasteiger partial charge in [0.1, 0.15) is 5.75 Å². The molecule has 0 spiro atoms. The second-order valence-corrected chi connectivity index (χ2v) is 5.19. The maximum Gasteiger partial charge on any atom is 0.125 e. The fraction of sp³-hybridized carbons (Fsp3) is 0.571. The maximum atomic E-state index is 10.5. The van der Waals surface area contributed by atoms with Gasteiger partial charge in [-0.3, -0.25) is 0 Å². The molecule has 3 nitrogen and oxygen atoms in total. The molecule has 0 aromatic heterocycles. The van der Waals surface area contributed by atoms with Crippen LogP contribution in [0.25, 0.3) is 0 Å². The van der Waals surface area contributed by atoms with Crippen molar-refractivity contribution >= 4 is 0 Å². The predicted molar refractivity (Wildman–Crippen MR) is 66.4 cm³/mol. The van der Waals surface area contributed by atoms with Crippen molar-refractivity contribution in [3.05, 3.63) is 29.3 Å². The number of aliphatic hydroxyl groups is 1. The lowest BCUT2D eigenvalue weighted by Gasteiger charge is -2.33. The van der Waals surface area contributed by atoms with Crippen LogP contribution in [-0.2, 0) is 12.8 Å². The van der Waals surface area contributed by atoms with Crippen LogP contribution in [0, 0.1) is 0 Å². The molecule has 1 fully saturated rings. The number of nitrogens with one attached hydrogen (secondary N) is 1. The fourth-order valence-corrected chi connectivity index (χ4v) is 2.88. The number of ether oxygens (including phenoxy) is 1. The molecule has 2 aliphatic heterocycles. The summed E-state index contributed by atoms with van der Waals surface area (Å²) >= 11 is 0. The molecule has 1 aromatic carbocycles. The first kappa shape index (κ1) is 11.1. The van der Waals surface area contributed by atoms with E-state index in [1.54, 1.807) is 0 Å². The van der Waals surface area contributed by atoms with Crippen LogP contribution in [0.5, 0.6) is 5.75 Å². The normalized spacial score (nSPS) is 27.6. The van der Waals surface area contributed by atoms with Gasteiger partial charge in [0.15, 0.2) is 0 Å². The minimum atomic E-state index is -0.598. The van der Waals surface area contributed by atoms with E-state index in [4.69, 9.17) is 4.74 Å². The van der Waals surface area contributed by atoms with Crippen LogP contribution in [0.2, 0.25) is 0 Å². The lowest BCUT2D eigenvalue weighted by Crippen LogP contribution is -2.47. The number of benzene rings is 1. The largest absolute Gasteiger partial charge is 0.493 e. The molecule has 0 radical (unpaired) electrons. The first-order chi connectivity index (χ1) is 8.27. The molecule has 2 N–H and O–H groups in total. The summed E-state index contributed by atoms with van der Waals surface area (Å²) in [5.74, 6) is 1.02. The van der Waals surface area contributed by atoms with Gasteiger partial charge in [-0.2, -0.15) is 0 Å². The predicted octanol–water partition coefficient (Wildman–Crippen LogP) is 1.28. The number of rotatable bonds is 2. The van der Waals surface area contributed by atoms with Gasteiger partial charge in [-0.25, -0.2) is 0 Å². The highest BCUT2D eigenvalue weighted by Crippen LogP contribution is 2.33. The van der Waals surface area contributed by atoms with E-state index >= 15 is 0 Å². The van der Waals surface area contributed by atoms with Crippen LogP contribution in [0.4, 0.5) is 0 Å². The van der Waals surface area contributed by atoms with Crippen molar-refractivity contribution in [2.75, 3.05) is 19.7 Å². The van der Waals surface area contributed by atoms with Gasteiger partial charge in [0.25, 0.3) is 0 Å². The first-order valence-electron chi connectivity index (χ1n) is 6.44. The Hall–Kier alpha value is -1.06. The maximum absolute atomic E-state index is 10.5. The summed E-state index contributed by atoms with van der Waals surface area (Å²) in [6.07, 6.45) is 3.62. The van der Waals surface area contributed by atoms with Crippen LogP contribution >= 0.6 is 0 Å². The molecular formula is C14H19NO2. The van der Waals surface area contributed by atoms with Gasteiger partial charge in [0, 0.05) is 19.4 Å². The van der Waals surface area contributed by atoms with E-state index in [0.717, 1.165) is 43.7 Å². The molecule has 3 rings (SSSR count). The van der Waals surface area contributed by atoms with Crippen LogP contribution < -0.4 is 10.1 Å². The van der Waals surface area contributed by atoms with Crippen molar-refractivity contribution in [3.8, 4) is 5.75 Å². The van der Waals surface area contributed by atoms with Crippen molar-refractivity contribution < 1.29 is 9.84 Å². The zero-order chi connectivity index (χ0) is 11.7. The van der Waals surface area contributed by atoms with E-state index in [0.29, 0.717) is 13.0 Å². The Balaban J connectivity index is 1.83. The Morgan fingerprint density at radius 3 is 3.18 bits per heavy atom. The van der Waals surface area contributed by atoms with Gasteiger partial charge in [0.2, 0.25) is 0 Å². The van der Waals surface area contributed by atoms with Gasteiger partial charge in [-0.15, -0.1) is 0 Å². The molecule has 0 amide bonds. The SMILES string of the molecule is OC1(Cc2cccc3c2OCC3)CCCNC1. The first-order valence-corrected chi connectivity index (χ1v) is 6.44. The summed E-state index contributed by atoms with van der Waals surface area (Å²) in [5, 5.41) is 13.8. The molecule has 3 heteroatoms. The van der Waals surface area contributed by atoms with Crippen LogP contribution in [0.3, 0.4) is 0 Å². The van der Waals surface area contributed by atoms with E-state index in [-0.39, 0.29) is 0 Å². The highest BCUT2D eigenvalue weighted by atomic mass is 16.5. The summed E-state index contributed by atoms with van der Waals surface area (Å²) < 4.78 is 5.68. The van der Waals surface area contributed by atoms with E-state index in [1.807, 2.05) is 0 Å². The van der Waals surface area contributed by atoms with Gasteiger partial charge in [-0.1, -0.05) is 18.2 Å². The molecule has 2 heterocycles. The Kier molecular flexibility index (Phi) is 2.81.